The predicted molar refractivity (Wildman–Crippen MR) is 116 cm³/mol. The van der Waals surface area contributed by atoms with Gasteiger partial charge in [0, 0.05) is 30.0 Å². The smallest absolute Gasteiger partial charge is 0.336 e. The number of hydrogen-bond acceptors (Lipinski definition) is 8. The Balaban J connectivity index is 2.13. The molecule has 0 fully saturated rings. The zero-order valence-electron chi connectivity index (χ0n) is 19.0. The van der Waals surface area contributed by atoms with Crippen LogP contribution in [0.3, 0.4) is 0 Å². The molecule has 32 heavy (non-hydrogen) atoms. The summed E-state index contributed by atoms with van der Waals surface area (Å²) >= 11 is 0. The molecule has 0 aromatic heterocycles. The Morgan fingerprint density at radius 3 is 2.56 bits per heavy atom. The maximum absolute atomic E-state index is 13.6. The Bertz CT molecular complexity index is 978. The van der Waals surface area contributed by atoms with Crippen LogP contribution in [-0.2, 0) is 28.6 Å². The van der Waals surface area contributed by atoms with E-state index in [4.69, 9.17) is 18.9 Å². The zero-order chi connectivity index (χ0) is 23.4. The van der Waals surface area contributed by atoms with Crippen LogP contribution in [0.25, 0.3) is 0 Å². The summed E-state index contributed by atoms with van der Waals surface area (Å²) < 4.78 is 20.7. The van der Waals surface area contributed by atoms with Gasteiger partial charge in [0.25, 0.3) is 0 Å². The standard InChI is InChI=1S/C24H29NO7/c1-13-11-17-21(22(26)18(13)23(27)31-5)20(15-7-6-8-16(12-15)30-4)19(14(2)25-17)24(28)32-10-9-29-3/h6-8,12-13,18,20,25H,9-11H2,1-5H3/t13-,18-,20-/m1/s1. The Morgan fingerprint density at radius 2 is 1.91 bits per heavy atom. The van der Waals surface area contributed by atoms with E-state index < -0.39 is 23.8 Å². The Morgan fingerprint density at radius 1 is 1.16 bits per heavy atom. The monoisotopic (exact) mass is 443 g/mol. The first-order valence-corrected chi connectivity index (χ1v) is 10.5. The summed E-state index contributed by atoms with van der Waals surface area (Å²) in [7, 11) is 4.34. The maximum atomic E-state index is 13.6. The fourth-order valence-corrected chi connectivity index (χ4v) is 4.40. The fourth-order valence-electron chi connectivity index (χ4n) is 4.40. The van der Waals surface area contributed by atoms with Crippen molar-refractivity contribution < 1.29 is 33.3 Å². The SMILES string of the molecule is COCCOC(=O)C1=C(C)NC2=C(C(=O)[C@H](C(=O)OC)[C@H](C)C2)[C@@H]1c1cccc(OC)c1. The van der Waals surface area contributed by atoms with Crippen molar-refractivity contribution in [2.45, 2.75) is 26.2 Å². The molecule has 1 aromatic carbocycles. The highest BCUT2D eigenvalue weighted by Gasteiger charge is 2.47. The van der Waals surface area contributed by atoms with Gasteiger partial charge in [0.05, 0.1) is 26.4 Å². The highest BCUT2D eigenvalue weighted by Crippen LogP contribution is 2.45. The minimum atomic E-state index is -0.933. The number of methoxy groups -OCH3 is 3. The molecule has 1 aliphatic heterocycles. The van der Waals surface area contributed by atoms with E-state index in [0.717, 1.165) is 0 Å². The molecule has 8 nitrogen and oxygen atoms in total. The van der Waals surface area contributed by atoms with Crippen molar-refractivity contribution in [1.82, 2.24) is 5.32 Å². The van der Waals surface area contributed by atoms with Crippen LogP contribution in [0.15, 0.2) is 46.8 Å². The van der Waals surface area contributed by atoms with Crippen LogP contribution < -0.4 is 10.1 Å². The molecule has 0 bridgehead atoms. The van der Waals surface area contributed by atoms with Gasteiger partial charge in [0.1, 0.15) is 18.3 Å². The molecule has 0 unspecified atom stereocenters. The molecule has 0 spiro atoms. The number of nitrogens with one attached hydrogen (secondary N) is 1. The van der Waals surface area contributed by atoms with Gasteiger partial charge in [-0.15, -0.1) is 0 Å². The van der Waals surface area contributed by atoms with Crippen molar-refractivity contribution in [3.63, 3.8) is 0 Å². The summed E-state index contributed by atoms with van der Waals surface area (Å²) in [5.74, 6) is -2.76. The summed E-state index contributed by atoms with van der Waals surface area (Å²) in [6.07, 6.45) is 0.477. The van der Waals surface area contributed by atoms with Gasteiger partial charge in [-0.2, -0.15) is 0 Å². The van der Waals surface area contributed by atoms with E-state index in [2.05, 4.69) is 5.32 Å². The van der Waals surface area contributed by atoms with Crippen LogP contribution in [0.4, 0.5) is 0 Å². The number of carbonyl (C=O) groups excluding carboxylic acids is 3. The van der Waals surface area contributed by atoms with Crippen molar-refractivity contribution in [3.8, 4) is 5.75 Å². The molecule has 3 rings (SSSR count). The molecule has 2 aliphatic rings. The molecule has 1 N–H and O–H groups in total. The van der Waals surface area contributed by atoms with Crippen LogP contribution in [-0.4, -0.2) is 52.3 Å². The number of dihydropyridines is 1. The van der Waals surface area contributed by atoms with Gasteiger partial charge in [-0.05, 0) is 37.0 Å². The van der Waals surface area contributed by atoms with E-state index in [-0.39, 0.29) is 24.9 Å². The first-order valence-electron chi connectivity index (χ1n) is 10.5. The number of ketones is 1. The third-order valence-electron chi connectivity index (χ3n) is 5.91. The summed E-state index contributed by atoms with van der Waals surface area (Å²) in [6.45, 7) is 3.97. The van der Waals surface area contributed by atoms with E-state index >= 15 is 0 Å². The van der Waals surface area contributed by atoms with Gasteiger partial charge in [0.15, 0.2) is 5.78 Å². The molecule has 1 heterocycles. The average molecular weight is 443 g/mol. The van der Waals surface area contributed by atoms with Gasteiger partial charge in [-0.1, -0.05) is 19.1 Å². The molecule has 0 radical (unpaired) electrons. The van der Waals surface area contributed by atoms with E-state index in [1.807, 2.05) is 13.0 Å². The number of ether oxygens (including phenoxy) is 4. The lowest BCUT2D eigenvalue weighted by molar-refractivity contribution is -0.151. The molecule has 172 valence electrons. The van der Waals surface area contributed by atoms with Gasteiger partial charge in [0.2, 0.25) is 0 Å². The number of rotatable bonds is 7. The Kier molecular flexibility index (Phi) is 7.35. The van der Waals surface area contributed by atoms with Gasteiger partial charge >= 0.3 is 11.9 Å². The topological polar surface area (TPSA) is 100 Å². The molecule has 0 saturated carbocycles. The van der Waals surface area contributed by atoms with E-state index in [9.17, 15) is 14.4 Å². The Hall–Kier alpha value is -3.13. The van der Waals surface area contributed by atoms with E-state index in [1.54, 1.807) is 32.2 Å². The van der Waals surface area contributed by atoms with Crippen molar-refractivity contribution in [3.05, 3.63) is 52.4 Å². The van der Waals surface area contributed by atoms with Crippen LogP contribution in [0.1, 0.15) is 31.7 Å². The molecule has 3 atom stereocenters. The number of benzene rings is 1. The summed E-state index contributed by atoms with van der Waals surface area (Å²) in [5, 5.41) is 3.23. The third kappa shape index (κ3) is 4.41. The normalized spacial score (nSPS) is 22.8. The second-order valence-electron chi connectivity index (χ2n) is 7.94. The largest absolute Gasteiger partial charge is 0.497 e. The number of esters is 2. The maximum Gasteiger partial charge on any atom is 0.336 e. The second-order valence-corrected chi connectivity index (χ2v) is 7.94. The molecular formula is C24H29NO7. The number of carbonyl (C=O) groups is 3. The number of Topliss-reactive ketones (excluding diaryl/α,β-unsaturated/α-hetero) is 1. The molecule has 0 saturated heterocycles. The number of allylic oxidation sites excluding steroid dienone is 3. The number of hydrogen-bond donors (Lipinski definition) is 1. The minimum Gasteiger partial charge on any atom is -0.497 e. The first kappa shape index (κ1) is 23.5. The van der Waals surface area contributed by atoms with Crippen molar-refractivity contribution in [2.75, 3.05) is 34.5 Å². The van der Waals surface area contributed by atoms with E-state index in [1.165, 1.54) is 14.2 Å². The zero-order valence-corrected chi connectivity index (χ0v) is 19.0. The quantitative estimate of drug-likeness (QED) is 0.390. The molecule has 1 aromatic rings. The predicted octanol–water partition coefficient (Wildman–Crippen LogP) is 2.50. The summed E-state index contributed by atoms with van der Waals surface area (Å²) in [4.78, 5) is 39.2. The lowest BCUT2D eigenvalue weighted by atomic mass is 9.69. The van der Waals surface area contributed by atoms with E-state index in [0.29, 0.717) is 40.3 Å². The van der Waals surface area contributed by atoms with Crippen LogP contribution >= 0.6 is 0 Å². The van der Waals surface area contributed by atoms with Crippen molar-refractivity contribution in [2.24, 2.45) is 11.8 Å². The van der Waals surface area contributed by atoms with Crippen LogP contribution in [0.2, 0.25) is 0 Å². The minimum absolute atomic E-state index is 0.0820. The van der Waals surface area contributed by atoms with Crippen molar-refractivity contribution in [1.29, 1.82) is 0 Å². The Labute approximate surface area is 187 Å². The molecule has 1 aliphatic carbocycles. The molecule has 0 amide bonds. The molecule has 8 heteroatoms. The van der Waals surface area contributed by atoms with Crippen LogP contribution in [0.5, 0.6) is 5.75 Å². The summed E-state index contributed by atoms with van der Waals surface area (Å²) in [5.41, 5.74) is 2.72. The van der Waals surface area contributed by atoms with Gasteiger partial charge < -0.3 is 24.3 Å². The summed E-state index contributed by atoms with van der Waals surface area (Å²) in [6, 6.07) is 7.20. The van der Waals surface area contributed by atoms with Gasteiger partial charge in [-0.3, -0.25) is 9.59 Å². The first-order chi connectivity index (χ1) is 15.3. The highest BCUT2D eigenvalue weighted by atomic mass is 16.6. The fraction of sp³-hybridized carbons (Fsp3) is 0.458. The lowest BCUT2D eigenvalue weighted by Crippen LogP contribution is -2.43. The third-order valence-corrected chi connectivity index (χ3v) is 5.91. The molecular weight excluding hydrogens is 414 g/mol. The average Bonchev–Trinajstić information content (AvgIpc) is 2.77. The highest BCUT2D eigenvalue weighted by molar-refractivity contribution is 6.12. The van der Waals surface area contributed by atoms with Crippen molar-refractivity contribution >= 4 is 17.7 Å². The van der Waals surface area contributed by atoms with Crippen LogP contribution in [0, 0.1) is 11.8 Å². The second kappa shape index (κ2) is 9.99. The lowest BCUT2D eigenvalue weighted by Gasteiger charge is -2.38. The van der Waals surface area contributed by atoms with Gasteiger partial charge in [-0.25, -0.2) is 4.79 Å².